The summed E-state index contributed by atoms with van der Waals surface area (Å²) in [4.78, 5) is 0. The smallest absolute Gasteiger partial charge is 0.235 e. The highest BCUT2D eigenvalue weighted by Crippen LogP contribution is 2.39. The lowest BCUT2D eigenvalue weighted by molar-refractivity contribution is 0.456. The molecule has 1 fully saturated rings. The van der Waals surface area contributed by atoms with Crippen LogP contribution in [0.5, 0.6) is 0 Å². The summed E-state index contributed by atoms with van der Waals surface area (Å²) in [7, 11) is 0. The number of benzene rings is 1. The summed E-state index contributed by atoms with van der Waals surface area (Å²) in [6, 6.07) is 13.6. The van der Waals surface area contributed by atoms with Crippen molar-refractivity contribution in [2.24, 2.45) is 0 Å². The molecule has 1 aromatic carbocycles. The van der Waals surface area contributed by atoms with Gasteiger partial charge in [-0.2, -0.15) is 4.52 Å². The minimum absolute atomic E-state index is 0.432. The normalized spacial score (nSPS) is 14.1. The zero-order valence-corrected chi connectivity index (χ0v) is 13.3. The molecule has 0 spiro atoms. The van der Waals surface area contributed by atoms with Crippen molar-refractivity contribution in [2.45, 2.75) is 25.3 Å². The van der Waals surface area contributed by atoms with E-state index in [-0.39, 0.29) is 0 Å². The SMILES string of the molecule is c1ccc(-c2nnc3ccc(NCc4nnc(C5CC5)o4)nn23)cc1. The molecule has 0 amide bonds. The summed E-state index contributed by atoms with van der Waals surface area (Å²) in [6.45, 7) is 0.432. The zero-order chi connectivity index (χ0) is 16.6. The third-order valence-corrected chi connectivity index (χ3v) is 4.12. The van der Waals surface area contributed by atoms with Crippen LogP contribution >= 0.6 is 0 Å². The van der Waals surface area contributed by atoms with Crippen LogP contribution in [0.1, 0.15) is 30.5 Å². The highest BCUT2D eigenvalue weighted by atomic mass is 16.4. The minimum atomic E-state index is 0.432. The Labute approximate surface area is 142 Å². The van der Waals surface area contributed by atoms with Gasteiger partial charge in [-0.15, -0.1) is 25.5 Å². The van der Waals surface area contributed by atoms with E-state index >= 15 is 0 Å². The van der Waals surface area contributed by atoms with Crippen molar-refractivity contribution in [1.82, 2.24) is 30.0 Å². The number of aromatic nitrogens is 6. The fourth-order valence-electron chi connectivity index (χ4n) is 2.65. The van der Waals surface area contributed by atoms with E-state index in [9.17, 15) is 0 Å². The van der Waals surface area contributed by atoms with Gasteiger partial charge in [0.2, 0.25) is 11.8 Å². The fourth-order valence-corrected chi connectivity index (χ4v) is 2.65. The molecule has 1 saturated carbocycles. The molecule has 0 atom stereocenters. The van der Waals surface area contributed by atoms with Gasteiger partial charge in [-0.05, 0) is 25.0 Å². The molecule has 8 nitrogen and oxygen atoms in total. The summed E-state index contributed by atoms with van der Waals surface area (Å²) in [5.74, 6) is 3.16. The lowest BCUT2D eigenvalue weighted by Gasteiger charge is -2.04. The molecule has 3 aromatic heterocycles. The molecule has 1 N–H and O–H groups in total. The standard InChI is InChI=1S/C17H15N7O/c1-2-4-11(5-3-1)16-21-19-14-9-8-13(23-24(14)16)18-10-15-20-22-17(25-15)12-6-7-12/h1-5,8-9,12H,6-7,10H2,(H,18,23). The van der Waals surface area contributed by atoms with E-state index in [0.717, 1.165) is 24.3 Å². The van der Waals surface area contributed by atoms with Crippen molar-refractivity contribution in [2.75, 3.05) is 5.32 Å². The molecular weight excluding hydrogens is 318 g/mol. The first-order chi connectivity index (χ1) is 12.4. The number of hydrogen-bond acceptors (Lipinski definition) is 7. The summed E-state index contributed by atoms with van der Waals surface area (Å²) in [6.07, 6.45) is 2.28. The molecule has 0 unspecified atom stereocenters. The monoisotopic (exact) mass is 333 g/mol. The first kappa shape index (κ1) is 14.1. The van der Waals surface area contributed by atoms with Crippen molar-refractivity contribution >= 4 is 11.5 Å². The molecule has 5 rings (SSSR count). The van der Waals surface area contributed by atoms with Gasteiger partial charge < -0.3 is 9.73 Å². The van der Waals surface area contributed by atoms with Crippen LogP contribution in [-0.2, 0) is 6.54 Å². The van der Waals surface area contributed by atoms with Crippen LogP contribution < -0.4 is 5.32 Å². The van der Waals surface area contributed by atoms with E-state index in [1.807, 2.05) is 42.5 Å². The first-order valence-electron chi connectivity index (χ1n) is 8.21. The van der Waals surface area contributed by atoms with Crippen molar-refractivity contribution in [3.63, 3.8) is 0 Å². The highest BCUT2D eigenvalue weighted by molar-refractivity contribution is 5.59. The van der Waals surface area contributed by atoms with Crippen LogP contribution in [-0.4, -0.2) is 30.0 Å². The van der Waals surface area contributed by atoms with Crippen LogP contribution in [0.4, 0.5) is 5.82 Å². The van der Waals surface area contributed by atoms with E-state index < -0.39 is 0 Å². The molecule has 3 heterocycles. The average molecular weight is 333 g/mol. The van der Waals surface area contributed by atoms with Crippen molar-refractivity contribution in [3.05, 3.63) is 54.2 Å². The number of fused-ring (bicyclic) bond motifs is 1. The molecule has 124 valence electrons. The maximum absolute atomic E-state index is 5.65. The molecule has 8 heteroatoms. The summed E-state index contributed by atoms with van der Waals surface area (Å²) < 4.78 is 7.37. The average Bonchev–Trinajstić information content (AvgIpc) is 3.25. The predicted octanol–water partition coefficient (Wildman–Crippen LogP) is 2.66. The third kappa shape index (κ3) is 2.71. The molecule has 0 radical (unpaired) electrons. The van der Waals surface area contributed by atoms with E-state index in [1.54, 1.807) is 4.52 Å². The molecule has 0 bridgehead atoms. The van der Waals surface area contributed by atoms with E-state index in [1.165, 1.54) is 0 Å². The van der Waals surface area contributed by atoms with Gasteiger partial charge in [0, 0.05) is 11.5 Å². The lowest BCUT2D eigenvalue weighted by Crippen LogP contribution is -2.05. The Morgan fingerprint density at radius 2 is 1.88 bits per heavy atom. The van der Waals surface area contributed by atoms with Crippen LogP contribution in [0.25, 0.3) is 17.0 Å². The second kappa shape index (κ2) is 5.66. The van der Waals surface area contributed by atoms with E-state index in [0.29, 0.717) is 35.6 Å². The van der Waals surface area contributed by atoms with Gasteiger partial charge in [-0.3, -0.25) is 0 Å². The Balaban J connectivity index is 1.39. The molecule has 1 aliphatic rings. The molecular formula is C17H15N7O. The quantitative estimate of drug-likeness (QED) is 0.600. The Morgan fingerprint density at radius 3 is 2.72 bits per heavy atom. The van der Waals surface area contributed by atoms with Gasteiger partial charge >= 0.3 is 0 Å². The van der Waals surface area contributed by atoms with Crippen LogP contribution in [0, 0.1) is 0 Å². The zero-order valence-electron chi connectivity index (χ0n) is 13.3. The number of nitrogens with one attached hydrogen (secondary N) is 1. The molecule has 25 heavy (non-hydrogen) atoms. The molecule has 0 aliphatic heterocycles. The Kier molecular flexibility index (Phi) is 3.19. The van der Waals surface area contributed by atoms with Crippen molar-refractivity contribution < 1.29 is 4.42 Å². The second-order valence-electron chi connectivity index (χ2n) is 6.04. The molecule has 4 aromatic rings. The number of nitrogens with zero attached hydrogens (tertiary/aromatic N) is 6. The first-order valence-corrected chi connectivity index (χ1v) is 8.21. The summed E-state index contributed by atoms with van der Waals surface area (Å²) >= 11 is 0. The lowest BCUT2D eigenvalue weighted by atomic mass is 10.2. The third-order valence-electron chi connectivity index (χ3n) is 4.12. The maximum atomic E-state index is 5.65. The van der Waals surface area contributed by atoms with Gasteiger partial charge in [0.1, 0.15) is 5.82 Å². The second-order valence-corrected chi connectivity index (χ2v) is 6.04. The topological polar surface area (TPSA) is 94.0 Å². The van der Waals surface area contributed by atoms with Gasteiger partial charge in [0.15, 0.2) is 11.5 Å². The molecule has 1 aliphatic carbocycles. The van der Waals surface area contributed by atoms with Gasteiger partial charge in [-0.1, -0.05) is 30.3 Å². The van der Waals surface area contributed by atoms with Crippen molar-refractivity contribution in [1.29, 1.82) is 0 Å². The predicted molar refractivity (Wildman–Crippen MR) is 89.8 cm³/mol. The van der Waals surface area contributed by atoms with Crippen LogP contribution in [0.2, 0.25) is 0 Å². The number of rotatable bonds is 5. The number of hydrogen-bond donors (Lipinski definition) is 1. The van der Waals surface area contributed by atoms with Gasteiger partial charge in [-0.25, -0.2) is 0 Å². The van der Waals surface area contributed by atoms with E-state index in [4.69, 9.17) is 4.42 Å². The largest absolute Gasteiger partial charge is 0.423 e. The van der Waals surface area contributed by atoms with E-state index in [2.05, 4.69) is 30.8 Å². The van der Waals surface area contributed by atoms with Crippen LogP contribution in [0.15, 0.2) is 46.9 Å². The highest BCUT2D eigenvalue weighted by Gasteiger charge is 2.29. The van der Waals surface area contributed by atoms with Crippen molar-refractivity contribution in [3.8, 4) is 11.4 Å². The summed E-state index contributed by atoms with van der Waals surface area (Å²) in [5.41, 5.74) is 1.66. The number of anilines is 1. The fraction of sp³-hybridized carbons (Fsp3) is 0.235. The molecule has 0 saturated heterocycles. The van der Waals surface area contributed by atoms with Gasteiger partial charge in [0.25, 0.3) is 0 Å². The van der Waals surface area contributed by atoms with Crippen LogP contribution in [0.3, 0.4) is 0 Å². The Hall–Kier alpha value is -3.29. The Morgan fingerprint density at radius 1 is 1.00 bits per heavy atom. The minimum Gasteiger partial charge on any atom is -0.423 e. The maximum Gasteiger partial charge on any atom is 0.235 e. The summed E-state index contributed by atoms with van der Waals surface area (Å²) in [5, 5.41) is 24.3. The Bertz CT molecular complexity index is 1020. The van der Waals surface area contributed by atoms with Gasteiger partial charge in [0.05, 0.1) is 6.54 Å².